The molecule has 8 nitrogen and oxygen atoms in total. The molecule has 0 aromatic heterocycles. The molecule has 1 heterocycles. The van der Waals surface area contributed by atoms with Gasteiger partial charge in [-0.25, -0.2) is 0 Å². The van der Waals surface area contributed by atoms with Crippen molar-refractivity contribution < 1.29 is 29.4 Å². The fourth-order valence-electron chi connectivity index (χ4n) is 2.23. The van der Waals surface area contributed by atoms with Crippen LogP contribution in [-0.4, -0.2) is 47.1 Å². The lowest BCUT2D eigenvalue weighted by Gasteiger charge is -2.02. The van der Waals surface area contributed by atoms with Crippen molar-refractivity contribution >= 4 is 23.8 Å². The Labute approximate surface area is 183 Å². The summed E-state index contributed by atoms with van der Waals surface area (Å²) in [7, 11) is 0. The minimum absolute atomic E-state index is 0. The lowest BCUT2D eigenvalue weighted by atomic mass is 10.1. The molecule has 0 unspecified atom stereocenters. The molecule has 8 heteroatoms. The van der Waals surface area contributed by atoms with E-state index in [1.54, 1.807) is 6.92 Å². The third-order valence-electron chi connectivity index (χ3n) is 3.90. The molecule has 0 spiro atoms. The first-order chi connectivity index (χ1) is 13.3. The van der Waals surface area contributed by atoms with Crippen LogP contribution >= 0.6 is 0 Å². The molecule has 30 heavy (non-hydrogen) atoms. The first-order valence-corrected chi connectivity index (χ1v) is 10.3. The summed E-state index contributed by atoms with van der Waals surface area (Å²) in [6, 6.07) is 0. The summed E-state index contributed by atoms with van der Waals surface area (Å²) in [5, 5.41) is 21.2. The van der Waals surface area contributed by atoms with E-state index in [9.17, 15) is 19.2 Å². The molecule has 0 saturated carbocycles. The van der Waals surface area contributed by atoms with Gasteiger partial charge in [-0.1, -0.05) is 67.2 Å². The van der Waals surface area contributed by atoms with Gasteiger partial charge in [-0.15, -0.1) is 0 Å². The summed E-state index contributed by atoms with van der Waals surface area (Å²) in [5.74, 6) is -1.67. The maximum absolute atomic E-state index is 11.1. The van der Waals surface area contributed by atoms with Crippen molar-refractivity contribution in [3.63, 3.8) is 0 Å². The zero-order valence-corrected chi connectivity index (χ0v) is 17.4. The van der Waals surface area contributed by atoms with Crippen LogP contribution in [-0.2, 0) is 19.2 Å². The normalized spacial score (nSPS) is 12.0. The number of carboxylic acids is 2. The summed E-state index contributed by atoms with van der Waals surface area (Å²) in [6.07, 6.45) is 11.6. The van der Waals surface area contributed by atoms with E-state index in [-0.39, 0.29) is 39.6 Å². The largest absolute Gasteiger partial charge is 0.481 e. The molecule has 1 aliphatic rings. The number of carbonyl (C=O) groups excluding carboxylic acids is 2. The maximum Gasteiger partial charge on any atom is 0.322 e. The SMILES string of the molecule is C.C.CCC(=O)O.CCCCCCCCC(=O)NCC(=O)O.O=C1CCCCCN1. The summed E-state index contributed by atoms with van der Waals surface area (Å²) < 4.78 is 0. The molecule has 0 aromatic rings. The molecule has 0 radical (unpaired) electrons. The van der Waals surface area contributed by atoms with Gasteiger partial charge in [0.15, 0.2) is 0 Å². The van der Waals surface area contributed by atoms with Gasteiger partial charge in [0.1, 0.15) is 6.54 Å². The van der Waals surface area contributed by atoms with Crippen molar-refractivity contribution in [2.75, 3.05) is 13.1 Å². The molecule has 4 N–H and O–H groups in total. The number of rotatable bonds is 10. The zero-order valence-electron chi connectivity index (χ0n) is 17.4. The molecular formula is C22H46N2O6. The van der Waals surface area contributed by atoms with Crippen molar-refractivity contribution in [1.29, 1.82) is 0 Å². The van der Waals surface area contributed by atoms with Gasteiger partial charge in [-0.2, -0.15) is 0 Å². The highest BCUT2D eigenvalue weighted by atomic mass is 16.4. The number of amides is 2. The topological polar surface area (TPSA) is 133 Å². The average Bonchev–Trinajstić information content (AvgIpc) is 2.91. The molecular weight excluding hydrogens is 388 g/mol. The van der Waals surface area contributed by atoms with Crippen LogP contribution in [0.5, 0.6) is 0 Å². The van der Waals surface area contributed by atoms with Gasteiger partial charge in [-0.05, 0) is 19.3 Å². The smallest absolute Gasteiger partial charge is 0.322 e. The molecule has 1 saturated heterocycles. The summed E-state index contributed by atoms with van der Waals surface area (Å²) in [4.78, 5) is 41.1. The van der Waals surface area contributed by atoms with Gasteiger partial charge in [0, 0.05) is 25.8 Å². The van der Waals surface area contributed by atoms with E-state index in [1.807, 2.05) is 0 Å². The van der Waals surface area contributed by atoms with E-state index < -0.39 is 11.9 Å². The number of carbonyl (C=O) groups is 4. The second-order valence-corrected chi connectivity index (χ2v) is 6.60. The highest BCUT2D eigenvalue weighted by Gasteiger charge is 2.04. The van der Waals surface area contributed by atoms with E-state index in [0.29, 0.717) is 6.42 Å². The van der Waals surface area contributed by atoms with Crippen LogP contribution in [0, 0.1) is 0 Å². The number of hydrogen-bond donors (Lipinski definition) is 4. The van der Waals surface area contributed by atoms with Crippen molar-refractivity contribution in [2.24, 2.45) is 0 Å². The Morgan fingerprint density at radius 1 is 0.900 bits per heavy atom. The molecule has 0 atom stereocenters. The number of carboxylic acid groups (broad SMARTS) is 2. The van der Waals surface area contributed by atoms with E-state index in [0.717, 1.165) is 38.6 Å². The van der Waals surface area contributed by atoms with E-state index in [4.69, 9.17) is 10.2 Å². The lowest BCUT2D eigenvalue weighted by Crippen LogP contribution is -2.28. The quantitative estimate of drug-likeness (QED) is 0.377. The summed E-state index contributed by atoms with van der Waals surface area (Å²) in [6.45, 7) is 4.38. The van der Waals surface area contributed by atoms with Gasteiger partial charge in [-0.3, -0.25) is 19.2 Å². The molecule has 0 aromatic carbocycles. The highest BCUT2D eigenvalue weighted by molar-refractivity contribution is 5.81. The second-order valence-electron chi connectivity index (χ2n) is 6.60. The van der Waals surface area contributed by atoms with E-state index >= 15 is 0 Å². The molecule has 2 amide bonds. The van der Waals surface area contributed by atoms with Crippen LogP contribution in [0.4, 0.5) is 0 Å². The van der Waals surface area contributed by atoms with E-state index in [2.05, 4.69) is 17.6 Å². The summed E-state index contributed by atoms with van der Waals surface area (Å²) >= 11 is 0. The van der Waals surface area contributed by atoms with Crippen LogP contribution < -0.4 is 10.6 Å². The van der Waals surface area contributed by atoms with Gasteiger partial charge in [0.2, 0.25) is 11.8 Å². The first-order valence-electron chi connectivity index (χ1n) is 10.3. The van der Waals surface area contributed by atoms with Crippen molar-refractivity contribution in [3.05, 3.63) is 0 Å². The standard InChI is InChI=1S/C11H21NO3.C6H11NO.C3H6O2.2CH4/c1-2-3-4-5-6-7-8-10(13)12-9-11(14)15;8-6-4-2-1-3-5-7-6;1-2-3(4)5;;/h2-9H2,1H3,(H,12,13)(H,14,15);1-5H2,(H,7,8);2H2,1H3,(H,4,5);2*1H4. The Bertz CT molecular complexity index is 431. The Morgan fingerprint density at radius 2 is 1.47 bits per heavy atom. The van der Waals surface area contributed by atoms with Crippen molar-refractivity contribution in [1.82, 2.24) is 10.6 Å². The van der Waals surface area contributed by atoms with Crippen molar-refractivity contribution in [2.45, 2.75) is 106 Å². The number of hydrogen-bond acceptors (Lipinski definition) is 4. The zero-order chi connectivity index (χ0) is 21.6. The Hall–Kier alpha value is -2.12. The number of aliphatic carboxylic acids is 2. The second kappa shape index (κ2) is 26.9. The predicted molar refractivity (Wildman–Crippen MR) is 122 cm³/mol. The Balaban J connectivity index is -0.000000189. The fraction of sp³-hybridized carbons (Fsp3) is 0.818. The fourth-order valence-corrected chi connectivity index (χ4v) is 2.23. The molecule has 180 valence electrons. The van der Waals surface area contributed by atoms with E-state index in [1.165, 1.54) is 32.1 Å². The maximum atomic E-state index is 11.1. The minimum atomic E-state index is -0.994. The van der Waals surface area contributed by atoms with Crippen LogP contribution in [0.3, 0.4) is 0 Å². The minimum Gasteiger partial charge on any atom is -0.481 e. The van der Waals surface area contributed by atoms with Crippen LogP contribution in [0.15, 0.2) is 0 Å². The van der Waals surface area contributed by atoms with Gasteiger partial charge in [0.05, 0.1) is 0 Å². The number of nitrogens with one attached hydrogen (secondary N) is 2. The Kier molecular flexibility index (Phi) is 31.7. The molecule has 0 bridgehead atoms. The molecule has 1 fully saturated rings. The van der Waals surface area contributed by atoms with Gasteiger partial charge < -0.3 is 20.8 Å². The van der Waals surface area contributed by atoms with Crippen LogP contribution in [0.1, 0.15) is 106 Å². The Morgan fingerprint density at radius 3 is 2.00 bits per heavy atom. The number of unbranched alkanes of at least 4 members (excludes halogenated alkanes) is 5. The van der Waals surface area contributed by atoms with Crippen LogP contribution in [0.2, 0.25) is 0 Å². The monoisotopic (exact) mass is 434 g/mol. The van der Waals surface area contributed by atoms with Gasteiger partial charge >= 0.3 is 11.9 Å². The van der Waals surface area contributed by atoms with Crippen molar-refractivity contribution in [3.8, 4) is 0 Å². The third-order valence-corrected chi connectivity index (χ3v) is 3.90. The summed E-state index contributed by atoms with van der Waals surface area (Å²) in [5.41, 5.74) is 0. The van der Waals surface area contributed by atoms with Gasteiger partial charge in [0.25, 0.3) is 0 Å². The lowest BCUT2D eigenvalue weighted by molar-refractivity contribution is -0.138. The average molecular weight is 435 g/mol. The predicted octanol–water partition coefficient (Wildman–Crippen LogP) is 4.37. The van der Waals surface area contributed by atoms with Crippen LogP contribution in [0.25, 0.3) is 0 Å². The third kappa shape index (κ3) is 33.5. The molecule has 0 aliphatic carbocycles. The molecule has 1 rings (SSSR count). The molecule has 1 aliphatic heterocycles. The highest BCUT2D eigenvalue weighted by Crippen LogP contribution is 2.06. The first kappa shape index (κ1) is 35.3.